The molecule has 0 spiro atoms. The highest BCUT2D eigenvalue weighted by atomic mass is 32.2. The molecule has 4 nitrogen and oxygen atoms in total. The molecule has 0 saturated carbocycles. The number of hydrogen-bond acceptors (Lipinski definition) is 4. The summed E-state index contributed by atoms with van der Waals surface area (Å²) >= 11 is 1.18. The molecule has 1 aromatic heterocycles. The molecular weight excluding hydrogens is 363 g/mol. The molecule has 1 unspecified atom stereocenters. The van der Waals surface area contributed by atoms with E-state index in [-0.39, 0.29) is 23.5 Å². The summed E-state index contributed by atoms with van der Waals surface area (Å²) < 4.78 is 14.2. The Morgan fingerprint density at radius 1 is 1.19 bits per heavy atom. The van der Waals surface area contributed by atoms with Crippen molar-refractivity contribution in [2.45, 2.75) is 43.5 Å². The van der Waals surface area contributed by atoms with Gasteiger partial charge in [-0.1, -0.05) is 18.9 Å². The van der Waals surface area contributed by atoms with Gasteiger partial charge in [0.2, 0.25) is 5.91 Å². The van der Waals surface area contributed by atoms with Gasteiger partial charge < -0.3 is 4.90 Å². The summed E-state index contributed by atoms with van der Waals surface area (Å²) in [7, 11) is 0. The van der Waals surface area contributed by atoms with E-state index in [1.807, 2.05) is 17.0 Å². The number of halogens is 1. The van der Waals surface area contributed by atoms with Crippen LogP contribution in [-0.4, -0.2) is 33.9 Å². The summed E-state index contributed by atoms with van der Waals surface area (Å²) in [5.74, 6) is -0.440. The van der Waals surface area contributed by atoms with Crippen LogP contribution in [0.2, 0.25) is 0 Å². The topological polar surface area (TPSA) is 50.3 Å². The Hall–Kier alpha value is -2.21. The first kappa shape index (κ1) is 19.5. The van der Waals surface area contributed by atoms with Gasteiger partial charge in [0, 0.05) is 29.4 Å². The number of Topliss-reactive ketones (excluding diaryl/α,β-unsaturated/α-hetero) is 1. The van der Waals surface area contributed by atoms with Crippen LogP contribution in [0.4, 0.5) is 4.39 Å². The Morgan fingerprint density at radius 2 is 1.96 bits per heavy atom. The highest BCUT2D eigenvalue weighted by Gasteiger charge is 2.26. The van der Waals surface area contributed by atoms with E-state index in [2.05, 4.69) is 4.98 Å². The molecule has 1 fully saturated rings. The van der Waals surface area contributed by atoms with Crippen molar-refractivity contribution < 1.29 is 14.0 Å². The number of likely N-dealkylation sites (tertiary alicyclic amines) is 1. The van der Waals surface area contributed by atoms with Crippen LogP contribution in [0.15, 0.2) is 47.6 Å². The molecule has 0 aliphatic carbocycles. The lowest BCUT2D eigenvalue weighted by Crippen LogP contribution is -2.36. The van der Waals surface area contributed by atoms with Crippen molar-refractivity contribution in [2.24, 2.45) is 0 Å². The van der Waals surface area contributed by atoms with E-state index in [0.29, 0.717) is 10.5 Å². The van der Waals surface area contributed by atoms with Crippen LogP contribution in [-0.2, 0) is 4.79 Å². The molecule has 0 N–H and O–H groups in total. The third-order valence-corrected chi connectivity index (χ3v) is 5.89. The van der Waals surface area contributed by atoms with Gasteiger partial charge in [-0.15, -0.1) is 11.8 Å². The molecule has 1 aromatic carbocycles. The average Bonchev–Trinajstić information content (AvgIpc) is 2.93. The van der Waals surface area contributed by atoms with E-state index in [1.54, 1.807) is 24.5 Å². The largest absolute Gasteiger partial charge is 0.335 e. The van der Waals surface area contributed by atoms with Crippen LogP contribution in [0.3, 0.4) is 0 Å². The fraction of sp³-hybridized carbons (Fsp3) is 0.381. The zero-order chi connectivity index (χ0) is 19.2. The number of aromatic nitrogens is 1. The van der Waals surface area contributed by atoms with Gasteiger partial charge in [-0.2, -0.15) is 0 Å². The van der Waals surface area contributed by atoms with Gasteiger partial charge in [0.1, 0.15) is 5.82 Å². The number of carbonyl (C=O) groups is 2. The number of benzene rings is 1. The number of hydrogen-bond donors (Lipinski definition) is 0. The van der Waals surface area contributed by atoms with Crippen LogP contribution < -0.4 is 0 Å². The normalized spacial score (nSPS) is 17.4. The van der Waals surface area contributed by atoms with Crippen LogP contribution >= 0.6 is 11.8 Å². The van der Waals surface area contributed by atoms with Gasteiger partial charge >= 0.3 is 0 Å². The lowest BCUT2D eigenvalue weighted by molar-refractivity contribution is -0.130. The SMILES string of the molecule is CC(=O)c1ccc(SCC(=O)N2CCCCCC2c2ccncc2)c(F)c1. The van der Waals surface area contributed by atoms with E-state index in [4.69, 9.17) is 0 Å². The predicted molar refractivity (Wildman–Crippen MR) is 104 cm³/mol. The van der Waals surface area contributed by atoms with Gasteiger partial charge in [-0.3, -0.25) is 14.6 Å². The molecule has 6 heteroatoms. The van der Waals surface area contributed by atoms with E-state index in [0.717, 1.165) is 37.8 Å². The minimum atomic E-state index is -0.456. The molecule has 1 aliphatic heterocycles. The van der Waals surface area contributed by atoms with Crippen molar-refractivity contribution >= 4 is 23.5 Å². The number of rotatable bonds is 5. The summed E-state index contributed by atoms with van der Waals surface area (Å²) in [6, 6.07) is 8.39. The molecule has 3 rings (SSSR count). The van der Waals surface area contributed by atoms with Crippen LogP contribution in [0.1, 0.15) is 54.6 Å². The second kappa shape index (κ2) is 9.13. The monoisotopic (exact) mass is 386 g/mol. The molecule has 0 radical (unpaired) electrons. The maximum Gasteiger partial charge on any atom is 0.233 e. The van der Waals surface area contributed by atoms with E-state index >= 15 is 0 Å². The maximum absolute atomic E-state index is 14.2. The first-order chi connectivity index (χ1) is 13.1. The number of ketones is 1. The maximum atomic E-state index is 14.2. The quantitative estimate of drug-likeness (QED) is 0.554. The standard InChI is InChI=1S/C21H23FN2O2S/c1-15(25)17-6-7-20(18(22)13-17)27-14-21(26)24-12-4-2-3-5-19(24)16-8-10-23-11-9-16/h6-11,13,19H,2-5,12,14H2,1H3. The Labute approximate surface area is 163 Å². The molecule has 1 aliphatic rings. The molecule has 1 amide bonds. The number of nitrogens with zero attached hydrogens (tertiary/aromatic N) is 2. The lowest BCUT2D eigenvalue weighted by atomic mass is 10.0. The Morgan fingerprint density at radius 3 is 2.67 bits per heavy atom. The van der Waals surface area contributed by atoms with Gasteiger partial charge in [-0.05, 0) is 49.6 Å². The molecule has 1 atom stereocenters. The minimum Gasteiger partial charge on any atom is -0.335 e. The van der Waals surface area contributed by atoms with Gasteiger partial charge in [0.25, 0.3) is 0 Å². The van der Waals surface area contributed by atoms with E-state index in [9.17, 15) is 14.0 Å². The summed E-state index contributed by atoms with van der Waals surface area (Å²) in [6.07, 6.45) is 7.62. The smallest absolute Gasteiger partial charge is 0.233 e. The molecular formula is C21H23FN2O2S. The van der Waals surface area contributed by atoms with Crippen LogP contribution in [0.5, 0.6) is 0 Å². The van der Waals surface area contributed by atoms with Gasteiger partial charge in [0.05, 0.1) is 11.8 Å². The van der Waals surface area contributed by atoms with Crippen molar-refractivity contribution in [3.63, 3.8) is 0 Å². The van der Waals surface area contributed by atoms with Crippen molar-refractivity contribution in [3.05, 3.63) is 59.7 Å². The Kier molecular flexibility index (Phi) is 6.61. The lowest BCUT2D eigenvalue weighted by Gasteiger charge is -2.30. The first-order valence-corrected chi connectivity index (χ1v) is 10.2. The number of carbonyl (C=O) groups excluding carboxylic acids is 2. The molecule has 1 saturated heterocycles. The highest BCUT2D eigenvalue weighted by molar-refractivity contribution is 8.00. The van der Waals surface area contributed by atoms with E-state index < -0.39 is 5.82 Å². The third-order valence-electron chi connectivity index (χ3n) is 4.85. The molecule has 142 valence electrons. The predicted octanol–water partition coefficient (Wildman–Crippen LogP) is 4.66. The molecule has 2 heterocycles. The van der Waals surface area contributed by atoms with Crippen molar-refractivity contribution in [1.29, 1.82) is 0 Å². The van der Waals surface area contributed by atoms with Gasteiger partial charge in [0.15, 0.2) is 5.78 Å². The number of amides is 1. The summed E-state index contributed by atoms with van der Waals surface area (Å²) in [5.41, 5.74) is 1.44. The Bertz CT molecular complexity index is 813. The fourth-order valence-corrected chi connectivity index (χ4v) is 4.20. The van der Waals surface area contributed by atoms with Crippen LogP contribution in [0, 0.1) is 5.82 Å². The van der Waals surface area contributed by atoms with Crippen molar-refractivity contribution in [1.82, 2.24) is 9.88 Å². The fourth-order valence-electron chi connectivity index (χ4n) is 3.40. The zero-order valence-corrected chi connectivity index (χ0v) is 16.2. The summed E-state index contributed by atoms with van der Waals surface area (Å²) in [5, 5.41) is 0. The first-order valence-electron chi connectivity index (χ1n) is 9.19. The van der Waals surface area contributed by atoms with Crippen molar-refractivity contribution in [3.8, 4) is 0 Å². The second-order valence-electron chi connectivity index (χ2n) is 6.72. The van der Waals surface area contributed by atoms with E-state index in [1.165, 1.54) is 24.8 Å². The van der Waals surface area contributed by atoms with Crippen molar-refractivity contribution in [2.75, 3.05) is 12.3 Å². The molecule has 0 bridgehead atoms. The van der Waals surface area contributed by atoms with Crippen LogP contribution in [0.25, 0.3) is 0 Å². The third kappa shape index (κ3) is 4.95. The minimum absolute atomic E-state index is 0.0127. The Balaban J connectivity index is 1.71. The second-order valence-corrected chi connectivity index (χ2v) is 7.74. The zero-order valence-electron chi connectivity index (χ0n) is 15.4. The average molecular weight is 386 g/mol. The molecule has 27 heavy (non-hydrogen) atoms. The number of thioether (sulfide) groups is 1. The summed E-state index contributed by atoms with van der Waals surface area (Å²) in [6.45, 7) is 2.13. The molecule has 2 aromatic rings. The number of pyridine rings is 1. The summed E-state index contributed by atoms with van der Waals surface area (Å²) in [4.78, 5) is 30.6. The highest BCUT2D eigenvalue weighted by Crippen LogP contribution is 2.31. The van der Waals surface area contributed by atoms with Gasteiger partial charge in [-0.25, -0.2) is 4.39 Å².